The zero-order valence-electron chi connectivity index (χ0n) is 15.8. The number of nitrogens with zero attached hydrogens (tertiary/aromatic N) is 2. The van der Waals surface area contributed by atoms with Gasteiger partial charge in [-0.25, -0.2) is 9.98 Å². The van der Waals surface area contributed by atoms with Gasteiger partial charge in [-0.3, -0.25) is 9.59 Å². The second kappa shape index (κ2) is 15.6. The molecule has 0 N–H and O–H groups in total. The molecule has 0 atom stereocenters. The normalized spacial score (nSPS) is 10.7. The predicted molar refractivity (Wildman–Crippen MR) is 114 cm³/mol. The van der Waals surface area contributed by atoms with E-state index in [4.69, 9.17) is 34.7 Å². The number of carbonyl (C=O) groups excluding carboxylic acids is 2. The fourth-order valence-corrected chi connectivity index (χ4v) is 2.17. The van der Waals surface area contributed by atoms with Gasteiger partial charge in [-0.05, 0) is 38.1 Å². The Morgan fingerprint density at radius 3 is 1.31 bits per heavy atom. The van der Waals surface area contributed by atoms with Crippen LogP contribution >= 0.6 is 0 Å². The van der Waals surface area contributed by atoms with Crippen molar-refractivity contribution in [2.45, 2.75) is 13.8 Å². The molecule has 2 amide bonds. The predicted octanol–water partition coefficient (Wildman–Crippen LogP) is 3.53. The monoisotopic (exact) mass is 474 g/mol. The third kappa shape index (κ3) is 11.3. The Labute approximate surface area is 191 Å². The zero-order chi connectivity index (χ0) is 20.8. The van der Waals surface area contributed by atoms with E-state index in [1.165, 1.54) is 0 Å². The van der Waals surface area contributed by atoms with Gasteiger partial charge in [0, 0.05) is 11.1 Å². The van der Waals surface area contributed by atoms with Gasteiger partial charge in [-0.2, -0.15) is 0 Å². The van der Waals surface area contributed by atoms with E-state index in [0.717, 1.165) is 0 Å². The van der Waals surface area contributed by atoms with Crippen LogP contribution in [0.5, 0.6) is 0 Å². The molecular weight excluding hydrogens is 455 g/mol. The number of hydrogen-bond acceptors (Lipinski definition) is 6. The molecule has 0 aliphatic rings. The van der Waals surface area contributed by atoms with Crippen molar-refractivity contribution in [3.05, 3.63) is 71.8 Å². The largest absolute Gasteiger partial charge is 2.00 e. The molecule has 0 fully saturated rings. The molecular formula is C20H20N2NiO4S2. The molecule has 0 bridgehead atoms. The van der Waals surface area contributed by atoms with Gasteiger partial charge in [0.2, 0.25) is 0 Å². The summed E-state index contributed by atoms with van der Waals surface area (Å²) in [5.41, 5.74) is 1.02. The summed E-state index contributed by atoms with van der Waals surface area (Å²) in [5, 5.41) is -0.0253. The van der Waals surface area contributed by atoms with Crippen molar-refractivity contribution >= 4 is 47.5 Å². The van der Waals surface area contributed by atoms with Gasteiger partial charge in [0.1, 0.15) is 0 Å². The quantitative estimate of drug-likeness (QED) is 0.292. The topological polar surface area (TPSA) is 77.3 Å². The molecule has 2 rings (SSSR count). The molecule has 6 nitrogen and oxygen atoms in total. The Morgan fingerprint density at radius 2 is 1.03 bits per heavy atom. The average Bonchev–Trinajstić information content (AvgIpc) is 2.70. The molecule has 29 heavy (non-hydrogen) atoms. The minimum absolute atomic E-state index is 0. The van der Waals surface area contributed by atoms with Gasteiger partial charge in [0.25, 0.3) is 11.8 Å². The van der Waals surface area contributed by atoms with Crippen molar-refractivity contribution in [1.82, 2.24) is 0 Å². The molecule has 0 saturated carbocycles. The van der Waals surface area contributed by atoms with Crippen LogP contribution in [-0.2, 0) is 51.2 Å². The molecule has 0 aliphatic carbocycles. The van der Waals surface area contributed by atoms with Gasteiger partial charge in [-0.15, -0.1) is 0 Å². The summed E-state index contributed by atoms with van der Waals surface area (Å²) in [7, 11) is 0. The summed E-state index contributed by atoms with van der Waals surface area (Å²) in [6, 6.07) is 17.5. The first-order valence-corrected chi connectivity index (χ1v) is 9.25. The second-order valence-corrected chi connectivity index (χ2v) is 5.66. The minimum atomic E-state index is -0.371. The first kappa shape index (κ1) is 26.7. The Balaban J connectivity index is 0.000000523. The number of hydrogen-bond donors (Lipinski definition) is 0. The number of carbonyl (C=O) groups is 2. The molecule has 0 radical (unpaired) electrons. The number of rotatable bonds is 4. The Morgan fingerprint density at radius 1 is 0.724 bits per heavy atom. The third-order valence-corrected chi connectivity index (χ3v) is 3.38. The molecule has 2 aromatic rings. The molecule has 0 spiro atoms. The first-order chi connectivity index (χ1) is 13.5. The third-order valence-electron chi connectivity index (χ3n) is 2.96. The van der Waals surface area contributed by atoms with E-state index >= 15 is 0 Å². The van der Waals surface area contributed by atoms with Crippen LogP contribution in [0.3, 0.4) is 0 Å². The zero-order valence-corrected chi connectivity index (χ0v) is 18.5. The van der Waals surface area contributed by atoms with E-state index < -0.39 is 0 Å². The number of benzene rings is 2. The van der Waals surface area contributed by atoms with Crippen LogP contribution in [0.15, 0.2) is 70.6 Å². The van der Waals surface area contributed by atoms with E-state index in [9.17, 15) is 9.59 Å². The second-order valence-electron chi connectivity index (χ2n) is 4.96. The van der Waals surface area contributed by atoms with Crippen LogP contribution < -0.4 is 0 Å². The molecule has 0 aliphatic heterocycles. The van der Waals surface area contributed by atoms with E-state index in [2.05, 4.69) is 9.98 Å². The standard InChI is InChI=1S/2C10H11NO2S.Ni/c2*1-2-13-10(14)11-9(12)8-6-4-3-5-7-8;/h2*3-7H,2H2,1H3,(H,11,12,14);/q;;+2/p-2. The van der Waals surface area contributed by atoms with Crippen molar-refractivity contribution in [2.24, 2.45) is 9.98 Å². The molecule has 2 aromatic carbocycles. The molecule has 0 heterocycles. The van der Waals surface area contributed by atoms with Crippen molar-refractivity contribution in [3.63, 3.8) is 0 Å². The van der Waals surface area contributed by atoms with E-state index in [0.29, 0.717) is 24.3 Å². The number of ether oxygens (including phenoxy) is 2. The van der Waals surface area contributed by atoms with Gasteiger partial charge in [0.15, 0.2) is 0 Å². The van der Waals surface area contributed by atoms with Crippen molar-refractivity contribution in [2.75, 3.05) is 13.2 Å². The van der Waals surface area contributed by atoms with Crippen LogP contribution in [0.4, 0.5) is 0 Å². The summed E-state index contributed by atoms with van der Waals surface area (Å²) in [4.78, 5) is 30.0. The summed E-state index contributed by atoms with van der Waals surface area (Å²) in [6.07, 6.45) is 0. The summed E-state index contributed by atoms with van der Waals surface area (Å²) in [6.45, 7) is 4.42. The van der Waals surface area contributed by atoms with Gasteiger partial charge in [-0.1, -0.05) is 36.4 Å². The fourth-order valence-electron chi connectivity index (χ4n) is 1.77. The maximum absolute atomic E-state index is 11.4. The van der Waals surface area contributed by atoms with Crippen LogP contribution in [0.25, 0.3) is 0 Å². The molecule has 9 heteroatoms. The van der Waals surface area contributed by atoms with Crippen molar-refractivity contribution in [3.8, 4) is 0 Å². The first-order valence-electron chi connectivity index (χ1n) is 8.43. The van der Waals surface area contributed by atoms with Crippen molar-refractivity contribution < 1.29 is 35.6 Å². The van der Waals surface area contributed by atoms with Gasteiger partial charge < -0.3 is 34.7 Å². The van der Waals surface area contributed by atoms with Crippen LogP contribution in [0.1, 0.15) is 34.6 Å². The van der Waals surface area contributed by atoms with Crippen LogP contribution in [-0.4, -0.2) is 35.5 Å². The molecule has 156 valence electrons. The van der Waals surface area contributed by atoms with E-state index in [-0.39, 0.29) is 38.8 Å². The number of amides is 2. The fraction of sp³-hybridized carbons (Fsp3) is 0.200. The van der Waals surface area contributed by atoms with E-state index in [1.807, 2.05) is 12.1 Å². The minimum Gasteiger partial charge on any atom is -0.722 e. The Hall–Kier alpha value is -2.35. The molecule has 0 saturated heterocycles. The maximum Gasteiger partial charge on any atom is 2.00 e. The van der Waals surface area contributed by atoms with E-state index in [1.54, 1.807) is 62.4 Å². The summed E-state index contributed by atoms with van der Waals surface area (Å²) >= 11 is 9.44. The van der Waals surface area contributed by atoms with Gasteiger partial charge in [0.05, 0.1) is 23.7 Å². The van der Waals surface area contributed by atoms with Crippen molar-refractivity contribution in [1.29, 1.82) is 0 Å². The summed E-state index contributed by atoms with van der Waals surface area (Å²) in [5.74, 6) is -0.743. The smallest absolute Gasteiger partial charge is 0.722 e. The number of aliphatic imine (C=N–C) groups is 2. The van der Waals surface area contributed by atoms with Crippen LogP contribution in [0.2, 0.25) is 0 Å². The Bertz CT molecular complexity index is 746. The molecule has 0 unspecified atom stereocenters. The summed E-state index contributed by atoms with van der Waals surface area (Å²) < 4.78 is 9.76. The molecule has 0 aromatic heterocycles. The maximum atomic E-state index is 11.4. The van der Waals surface area contributed by atoms with Crippen LogP contribution in [0, 0.1) is 0 Å². The SMILES string of the molecule is CCOC([S-])=NC(=O)c1ccccc1.CCOC([S-])=NC(=O)c1ccccc1.[Ni+2]. The average molecular weight is 475 g/mol. The van der Waals surface area contributed by atoms with Gasteiger partial charge >= 0.3 is 16.5 Å². The Kier molecular flexibility index (Phi) is 14.3.